The van der Waals surface area contributed by atoms with Crippen LogP contribution in [-0.2, 0) is 34.3 Å². The Morgan fingerprint density at radius 1 is 1.30 bits per heavy atom. The summed E-state index contributed by atoms with van der Waals surface area (Å²) in [7, 11) is 1.90. The number of ether oxygens (including phenoxy) is 1. The van der Waals surface area contributed by atoms with Crippen LogP contribution < -0.4 is 0 Å². The van der Waals surface area contributed by atoms with Crippen molar-refractivity contribution in [3.05, 3.63) is 52.8 Å². The van der Waals surface area contributed by atoms with Gasteiger partial charge in [-0.15, -0.1) is 0 Å². The molecule has 1 saturated heterocycles. The molecule has 0 saturated carbocycles. The SMILES string of the molecule is Cc1cc(CN(C(=O)[C@@H]2CCC(=O)O2)[C@@H]2CCCc3ccccc32)n(C)n1. The number of carbonyl (C=O) groups is 2. The van der Waals surface area contributed by atoms with E-state index in [9.17, 15) is 9.59 Å². The second-order valence-electron chi connectivity index (χ2n) is 7.49. The van der Waals surface area contributed by atoms with Gasteiger partial charge in [0.05, 0.1) is 24.0 Å². The molecule has 0 unspecified atom stereocenters. The van der Waals surface area contributed by atoms with Gasteiger partial charge in [-0.25, -0.2) is 0 Å². The van der Waals surface area contributed by atoms with E-state index in [4.69, 9.17) is 4.74 Å². The fourth-order valence-corrected chi connectivity index (χ4v) is 4.26. The summed E-state index contributed by atoms with van der Waals surface area (Å²) in [5, 5.41) is 4.42. The van der Waals surface area contributed by atoms with Crippen molar-refractivity contribution in [1.29, 1.82) is 0 Å². The summed E-state index contributed by atoms with van der Waals surface area (Å²) < 4.78 is 7.13. The highest BCUT2D eigenvalue weighted by atomic mass is 16.6. The van der Waals surface area contributed by atoms with Gasteiger partial charge in [0, 0.05) is 19.9 Å². The molecule has 6 nitrogen and oxygen atoms in total. The zero-order valence-corrected chi connectivity index (χ0v) is 15.9. The number of cyclic esters (lactones) is 1. The fraction of sp³-hybridized carbons (Fsp3) is 0.476. The molecule has 1 fully saturated rings. The molecule has 2 atom stereocenters. The predicted octanol–water partition coefficient (Wildman–Crippen LogP) is 2.84. The molecule has 4 rings (SSSR count). The first-order chi connectivity index (χ1) is 13.0. The monoisotopic (exact) mass is 367 g/mol. The van der Waals surface area contributed by atoms with E-state index in [1.165, 1.54) is 11.1 Å². The Balaban J connectivity index is 1.69. The summed E-state index contributed by atoms with van der Waals surface area (Å²) in [5.41, 5.74) is 4.42. The summed E-state index contributed by atoms with van der Waals surface area (Å²) in [6, 6.07) is 10.4. The lowest BCUT2D eigenvalue weighted by atomic mass is 9.86. The molecule has 27 heavy (non-hydrogen) atoms. The van der Waals surface area contributed by atoms with E-state index < -0.39 is 6.10 Å². The van der Waals surface area contributed by atoms with Crippen LogP contribution >= 0.6 is 0 Å². The molecular formula is C21H25N3O3. The number of aromatic nitrogens is 2. The van der Waals surface area contributed by atoms with Crippen LogP contribution in [0.1, 0.15) is 54.2 Å². The van der Waals surface area contributed by atoms with Crippen LogP contribution in [0.25, 0.3) is 0 Å². The quantitative estimate of drug-likeness (QED) is 0.780. The molecule has 1 aromatic heterocycles. The van der Waals surface area contributed by atoms with Crippen molar-refractivity contribution in [1.82, 2.24) is 14.7 Å². The van der Waals surface area contributed by atoms with Crippen molar-refractivity contribution < 1.29 is 14.3 Å². The number of aryl methyl sites for hydroxylation is 3. The number of esters is 1. The normalized spacial score (nSPS) is 21.6. The van der Waals surface area contributed by atoms with Gasteiger partial charge in [0.2, 0.25) is 0 Å². The number of hydrogen-bond acceptors (Lipinski definition) is 4. The largest absolute Gasteiger partial charge is 0.452 e. The first kappa shape index (κ1) is 17.8. The Morgan fingerprint density at radius 3 is 2.81 bits per heavy atom. The van der Waals surface area contributed by atoms with Gasteiger partial charge in [-0.3, -0.25) is 14.3 Å². The van der Waals surface area contributed by atoms with E-state index in [1.54, 1.807) is 0 Å². The smallest absolute Gasteiger partial charge is 0.306 e. The highest BCUT2D eigenvalue weighted by molar-refractivity contribution is 5.86. The van der Waals surface area contributed by atoms with E-state index in [0.29, 0.717) is 19.4 Å². The van der Waals surface area contributed by atoms with Gasteiger partial charge < -0.3 is 9.64 Å². The van der Waals surface area contributed by atoms with E-state index in [1.807, 2.05) is 35.7 Å². The number of hydrogen-bond donors (Lipinski definition) is 0. The molecule has 1 amide bonds. The second-order valence-corrected chi connectivity index (χ2v) is 7.49. The minimum atomic E-state index is -0.666. The molecule has 0 N–H and O–H groups in total. The first-order valence-electron chi connectivity index (χ1n) is 9.60. The lowest BCUT2D eigenvalue weighted by molar-refractivity contribution is -0.155. The summed E-state index contributed by atoms with van der Waals surface area (Å²) in [4.78, 5) is 26.8. The van der Waals surface area contributed by atoms with Crippen LogP contribution in [-0.4, -0.2) is 32.7 Å². The summed E-state index contributed by atoms with van der Waals surface area (Å²) in [5.74, 6) is -0.380. The van der Waals surface area contributed by atoms with Crippen LogP contribution in [0.15, 0.2) is 30.3 Å². The Morgan fingerprint density at radius 2 is 2.11 bits per heavy atom. The van der Waals surface area contributed by atoms with Crippen molar-refractivity contribution in [3.63, 3.8) is 0 Å². The van der Waals surface area contributed by atoms with Gasteiger partial charge in [0.15, 0.2) is 6.10 Å². The van der Waals surface area contributed by atoms with Gasteiger partial charge in [-0.1, -0.05) is 24.3 Å². The van der Waals surface area contributed by atoms with Gasteiger partial charge in [-0.05, 0) is 43.4 Å². The Kier molecular flexibility index (Phi) is 4.72. The molecule has 0 spiro atoms. The van der Waals surface area contributed by atoms with Crippen LogP contribution in [0.3, 0.4) is 0 Å². The molecule has 0 radical (unpaired) electrons. The minimum Gasteiger partial charge on any atom is -0.452 e. The molecule has 0 bridgehead atoms. The maximum absolute atomic E-state index is 13.3. The van der Waals surface area contributed by atoms with E-state index in [-0.39, 0.29) is 17.9 Å². The average molecular weight is 367 g/mol. The fourth-order valence-electron chi connectivity index (χ4n) is 4.26. The maximum atomic E-state index is 13.3. The molecule has 1 aliphatic carbocycles. The minimum absolute atomic E-state index is 0.00282. The van der Waals surface area contributed by atoms with Crippen LogP contribution in [0, 0.1) is 6.92 Å². The second kappa shape index (κ2) is 7.18. The third-order valence-electron chi connectivity index (χ3n) is 5.59. The zero-order chi connectivity index (χ0) is 19.0. The predicted molar refractivity (Wildman–Crippen MR) is 99.7 cm³/mol. The van der Waals surface area contributed by atoms with E-state index in [2.05, 4.69) is 23.3 Å². The molecule has 2 aliphatic rings. The van der Waals surface area contributed by atoms with Crippen LogP contribution in [0.2, 0.25) is 0 Å². The van der Waals surface area contributed by atoms with Crippen molar-refractivity contribution in [2.75, 3.05) is 0 Å². The number of amides is 1. The van der Waals surface area contributed by atoms with Gasteiger partial charge in [0.25, 0.3) is 5.91 Å². The van der Waals surface area contributed by atoms with Crippen LogP contribution in [0.4, 0.5) is 0 Å². The first-order valence-corrected chi connectivity index (χ1v) is 9.60. The third-order valence-corrected chi connectivity index (χ3v) is 5.59. The van der Waals surface area contributed by atoms with Gasteiger partial charge in [0.1, 0.15) is 0 Å². The lowest BCUT2D eigenvalue weighted by Gasteiger charge is -2.37. The highest BCUT2D eigenvalue weighted by Crippen LogP contribution is 2.36. The van der Waals surface area contributed by atoms with Gasteiger partial charge >= 0.3 is 5.97 Å². The molecule has 1 aliphatic heterocycles. The Labute approximate surface area is 159 Å². The number of benzene rings is 1. The van der Waals surface area contributed by atoms with Crippen molar-refractivity contribution >= 4 is 11.9 Å². The molecule has 2 aromatic rings. The lowest BCUT2D eigenvalue weighted by Crippen LogP contribution is -2.42. The third kappa shape index (κ3) is 3.48. The molecular weight excluding hydrogens is 342 g/mol. The van der Waals surface area contributed by atoms with Crippen molar-refractivity contribution in [2.24, 2.45) is 7.05 Å². The summed E-state index contributed by atoms with van der Waals surface area (Å²) >= 11 is 0. The van der Waals surface area contributed by atoms with E-state index in [0.717, 1.165) is 30.7 Å². The number of rotatable bonds is 4. The molecule has 2 heterocycles. The Bertz CT molecular complexity index is 873. The highest BCUT2D eigenvalue weighted by Gasteiger charge is 2.38. The Hall–Kier alpha value is -2.63. The number of carbonyl (C=O) groups excluding carboxylic acids is 2. The van der Waals surface area contributed by atoms with Crippen LogP contribution in [0.5, 0.6) is 0 Å². The average Bonchev–Trinajstić information content (AvgIpc) is 3.23. The van der Waals surface area contributed by atoms with E-state index >= 15 is 0 Å². The molecule has 6 heteroatoms. The van der Waals surface area contributed by atoms with Crippen molar-refractivity contribution in [3.8, 4) is 0 Å². The number of nitrogens with zero attached hydrogens (tertiary/aromatic N) is 3. The maximum Gasteiger partial charge on any atom is 0.306 e. The zero-order valence-electron chi connectivity index (χ0n) is 15.9. The summed E-state index contributed by atoms with van der Waals surface area (Å²) in [6.45, 7) is 2.41. The van der Waals surface area contributed by atoms with Crippen molar-refractivity contribution in [2.45, 2.75) is 57.7 Å². The molecule has 142 valence electrons. The molecule has 1 aromatic carbocycles. The standard InChI is InChI=1S/C21H25N3O3/c1-14-12-16(23(2)22-14)13-24(21(26)19-10-11-20(25)27-19)18-9-5-7-15-6-3-4-8-17(15)18/h3-4,6,8,12,18-19H,5,7,9-11,13H2,1-2H3/t18-,19+/m1/s1. The summed E-state index contributed by atoms with van der Waals surface area (Å²) in [6.07, 6.45) is 3.11. The topological polar surface area (TPSA) is 64.4 Å². The number of fused-ring (bicyclic) bond motifs is 1. The van der Waals surface area contributed by atoms with Gasteiger partial charge in [-0.2, -0.15) is 5.10 Å².